The Morgan fingerprint density at radius 2 is 2.11 bits per heavy atom. The van der Waals surface area contributed by atoms with E-state index in [4.69, 9.17) is 4.74 Å². The summed E-state index contributed by atoms with van der Waals surface area (Å²) in [4.78, 5) is 29.9. The average molecular weight is 390 g/mol. The highest BCUT2D eigenvalue weighted by molar-refractivity contribution is 7.99. The summed E-state index contributed by atoms with van der Waals surface area (Å²) >= 11 is 1.31. The van der Waals surface area contributed by atoms with Crippen LogP contribution in [0.15, 0.2) is 34.2 Å². The molecule has 1 amide bonds. The van der Waals surface area contributed by atoms with Gasteiger partial charge in [-0.1, -0.05) is 43.7 Å². The van der Waals surface area contributed by atoms with Gasteiger partial charge in [-0.15, -0.1) is 0 Å². The zero-order valence-corrected chi connectivity index (χ0v) is 16.8. The van der Waals surface area contributed by atoms with Crippen molar-refractivity contribution in [1.29, 1.82) is 0 Å². The monoisotopic (exact) mass is 389 g/mol. The lowest BCUT2D eigenvalue weighted by molar-refractivity contribution is -0.119. The number of carbonyl (C=O) groups excluding carboxylic acids is 1. The Bertz CT molecular complexity index is 852. The number of rotatable bonds is 7. The number of thioether (sulfide) groups is 1. The molecule has 6 nitrogen and oxygen atoms in total. The van der Waals surface area contributed by atoms with Gasteiger partial charge in [0.2, 0.25) is 5.91 Å². The molecule has 146 valence electrons. The van der Waals surface area contributed by atoms with Crippen molar-refractivity contribution < 1.29 is 9.53 Å². The van der Waals surface area contributed by atoms with E-state index in [1.165, 1.54) is 31.0 Å². The molecule has 0 bridgehead atoms. The summed E-state index contributed by atoms with van der Waals surface area (Å²) in [6.07, 6.45) is 4.63. The van der Waals surface area contributed by atoms with Crippen LogP contribution in [0.1, 0.15) is 32.6 Å². The van der Waals surface area contributed by atoms with E-state index >= 15 is 0 Å². The van der Waals surface area contributed by atoms with E-state index in [0.717, 1.165) is 6.42 Å². The van der Waals surface area contributed by atoms with Crippen molar-refractivity contribution in [2.75, 3.05) is 19.5 Å². The van der Waals surface area contributed by atoms with Gasteiger partial charge in [-0.25, -0.2) is 4.98 Å². The van der Waals surface area contributed by atoms with Crippen LogP contribution in [0.25, 0.3) is 10.9 Å². The largest absolute Gasteiger partial charge is 0.383 e. The Labute approximate surface area is 163 Å². The topological polar surface area (TPSA) is 73.2 Å². The molecule has 0 spiro atoms. The van der Waals surface area contributed by atoms with Gasteiger partial charge in [0.1, 0.15) is 0 Å². The molecule has 27 heavy (non-hydrogen) atoms. The summed E-state index contributed by atoms with van der Waals surface area (Å²) in [5.74, 6) is 0.770. The lowest BCUT2D eigenvalue weighted by atomic mass is 9.86. The highest BCUT2D eigenvalue weighted by Crippen LogP contribution is 2.24. The molecule has 7 heteroatoms. The van der Waals surface area contributed by atoms with Gasteiger partial charge in [0, 0.05) is 13.2 Å². The Hall–Kier alpha value is -1.86. The number of nitrogens with one attached hydrogen (secondary N) is 1. The summed E-state index contributed by atoms with van der Waals surface area (Å²) in [6.45, 7) is 3.03. The van der Waals surface area contributed by atoms with Crippen molar-refractivity contribution in [3.63, 3.8) is 0 Å². The minimum Gasteiger partial charge on any atom is -0.383 e. The van der Waals surface area contributed by atoms with Crippen LogP contribution in [-0.2, 0) is 16.1 Å². The van der Waals surface area contributed by atoms with Crippen LogP contribution >= 0.6 is 11.8 Å². The molecule has 1 aromatic carbocycles. The SMILES string of the molecule is COCCn1c(SCC(=O)N[C@H]2CCCC[C@@H]2C)nc2ccccc2c1=O. The molecule has 0 radical (unpaired) electrons. The molecule has 1 heterocycles. The fourth-order valence-corrected chi connectivity index (χ4v) is 4.38. The fraction of sp³-hybridized carbons (Fsp3) is 0.550. The number of hydrogen-bond acceptors (Lipinski definition) is 5. The van der Waals surface area contributed by atoms with Crippen LogP contribution in [-0.4, -0.2) is 41.0 Å². The van der Waals surface area contributed by atoms with Crippen LogP contribution < -0.4 is 10.9 Å². The summed E-state index contributed by atoms with van der Waals surface area (Å²) in [7, 11) is 1.60. The molecule has 0 aliphatic heterocycles. The number of carbonyl (C=O) groups is 1. The third-order valence-electron chi connectivity index (χ3n) is 5.14. The smallest absolute Gasteiger partial charge is 0.262 e. The molecular weight excluding hydrogens is 362 g/mol. The highest BCUT2D eigenvalue weighted by Gasteiger charge is 2.23. The average Bonchev–Trinajstić information content (AvgIpc) is 2.68. The minimum absolute atomic E-state index is 0.000510. The van der Waals surface area contributed by atoms with Crippen molar-refractivity contribution in [3.05, 3.63) is 34.6 Å². The Morgan fingerprint density at radius 3 is 2.89 bits per heavy atom. The van der Waals surface area contributed by atoms with Crippen molar-refractivity contribution >= 4 is 28.6 Å². The third-order valence-corrected chi connectivity index (χ3v) is 6.11. The van der Waals surface area contributed by atoms with Crippen LogP contribution in [0.5, 0.6) is 0 Å². The lowest BCUT2D eigenvalue weighted by Crippen LogP contribution is -2.42. The first-order chi connectivity index (χ1) is 13.1. The van der Waals surface area contributed by atoms with Crippen molar-refractivity contribution in [1.82, 2.24) is 14.9 Å². The molecule has 1 aliphatic rings. The maximum absolute atomic E-state index is 12.8. The number of benzene rings is 1. The Kier molecular flexibility index (Phi) is 6.90. The number of hydrogen-bond donors (Lipinski definition) is 1. The third kappa shape index (κ3) is 4.90. The van der Waals surface area contributed by atoms with E-state index in [1.54, 1.807) is 17.7 Å². The van der Waals surface area contributed by atoms with E-state index in [-0.39, 0.29) is 23.3 Å². The van der Waals surface area contributed by atoms with Gasteiger partial charge in [-0.05, 0) is 30.9 Å². The summed E-state index contributed by atoms with van der Waals surface area (Å²) in [5, 5.41) is 4.29. The van der Waals surface area contributed by atoms with Crippen LogP contribution in [0, 0.1) is 5.92 Å². The lowest BCUT2D eigenvalue weighted by Gasteiger charge is -2.29. The first-order valence-electron chi connectivity index (χ1n) is 9.51. The van der Waals surface area contributed by atoms with E-state index in [9.17, 15) is 9.59 Å². The number of aromatic nitrogens is 2. The van der Waals surface area contributed by atoms with Gasteiger partial charge in [-0.3, -0.25) is 14.2 Å². The molecule has 1 N–H and O–H groups in total. The molecule has 1 aromatic heterocycles. The normalized spacial score (nSPS) is 19.9. The van der Waals surface area contributed by atoms with Crippen LogP contribution in [0.2, 0.25) is 0 Å². The zero-order valence-electron chi connectivity index (χ0n) is 15.9. The molecule has 0 saturated heterocycles. The summed E-state index contributed by atoms with van der Waals surface area (Å²) in [5.41, 5.74) is 0.557. The Balaban J connectivity index is 1.74. The second-order valence-corrected chi connectivity index (χ2v) is 8.03. The first-order valence-corrected chi connectivity index (χ1v) is 10.5. The summed E-state index contributed by atoms with van der Waals surface area (Å²) < 4.78 is 6.73. The van der Waals surface area contributed by atoms with Crippen molar-refractivity contribution in [2.45, 2.75) is 50.4 Å². The first kappa shape index (κ1) is 19.9. The number of methoxy groups -OCH3 is 1. The van der Waals surface area contributed by atoms with Gasteiger partial charge in [0.05, 0.1) is 29.8 Å². The summed E-state index contributed by atoms with van der Waals surface area (Å²) in [6, 6.07) is 7.55. The van der Waals surface area contributed by atoms with Crippen LogP contribution in [0.4, 0.5) is 0 Å². The molecule has 2 aromatic rings. The predicted octanol–water partition coefficient (Wildman–Crippen LogP) is 2.83. The number of nitrogens with zero attached hydrogens (tertiary/aromatic N) is 2. The van der Waals surface area contributed by atoms with Crippen LogP contribution in [0.3, 0.4) is 0 Å². The van der Waals surface area contributed by atoms with Crippen molar-refractivity contribution in [2.24, 2.45) is 5.92 Å². The second kappa shape index (κ2) is 9.37. The van der Waals surface area contributed by atoms with Gasteiger partial charge in [0.25, 0.3) is 5.56 Å². The number of fused-ring (bicyclic) bond motifs is 1. The quantitative estimate of drug-likeness (QED) is 0.582. The van der Waals surface area contributed by atoms with E-state index in [2.05, 4.69) is 17.2 Å². The molecule has 1 saturated carbocycles. The van der Waals surface area contributed by atoms with E-state index in [1.807, 2.05) is 18.2 Å². The number of para-hydroxylation sites is 1. The maximum Gasteiger partial charge on any atom is 0.262 e. The molecular formula is C20H27N3O3S. The fourth-order valence-electron chi connectivity index (χ4n) is 3.55. The van der Waals surface area contributed by atoms with E-state index in [0.29, 0.717) is 35.1 Å². The Morgan fingerprint density at radius 1 is 1.33 bits per heavy atom. The zero-order chi connectivity index (χ0) is 19.2. The molecule has 1 fully saturated rings. The van der Waals surface area contributed by atoms with Gasteiger partial charge < -0.3 is 10.1 Å². The molecule has 3 rings (SSSR count). The van der Waals surface area contributed by atoms with Crippen molar-refractivity contribution in [3.8, 4) is 0 Å². The number of amides is 1. The van der Waals surface area contributed by atoms with Gasteiger partial charge >= 0.3 is 0 Å². The maximum atomic E-state index is 12.8. The van der Waals surface area contributed by atoms with Gasteiger partial charge in [0.15, 0.2) is 5.16 Å². The number of ether oxygens (including phenoxy) is 1. The minimum atomic E-state index is -0.0959. The molecule has 1 aliphatic carbocycles. The second-order valence-electron chi connectivity index (χ2n) is 7.09. The van der Waals surface area contributed by atoms with E-state index < -0.39 is 0 Å². The highest BCUT2D eigenvalue weighted by atomic mass is 32.2. The predicted molar refractivity (Wildman–Crippen MR) is 108 cm³/mol. The van der Waals surface area contributed by atoms with Gasteiger partial charge in [-0.2, -0.15) is 0 Å². The standard InChI is InChI=1S/C20H27N3O3S/c1-14-7-3-5-9-16(14)21-18(24)13-27-20-22-17-10-6-4-8-15(17)19(25)23(20)11-12-26-2/h4,6,8,10,14,16H,3,5,7,9,11-13H2,1-2H3,(H,21,24)/t14-,16-/m0/s1. The molecule has 0 unspecified atom stereocenters. The molecule has 2 atom stereocenters.